The fourth-order valence-corrected chi connectivity index (χ4v) is 4.45. The molecule has 0 saturated carbocycles. The lowest BCUT2D eigenvalue weighted by Crippen LogP contribution is -2.26. The third kappa shape index (κ3) is 6.22. The van der Waals surface area contributed by atoms with Gasteiger partial charge in [0.1, 0.15) is 16.4 Å². The molecule has 0 aliphatic rings. The van der Waals surface area contributed by atoms with Gasteiger partial charge in [-0.1, -0.05) is 29.8 Å². The lowest BCUT2D eigenvalue weighted by atomic mass is 10.1. The van der Waals surface area contributed by atoms with E-state index in [4.69, 9.17) is 4.74 Å². The van der Waals surface area contributed by atoms with Crippen LogP contribution in [0.25, 0.3) is 0 Å². The Kier molecular flexibility index (Phi) is 7.72. The minimum atomic E-state index is -4.05. The summed E-state index contributed by atoms with van der Waals surface area (Å²) in [7, 11) is -1.15. The molecule has 0 atom stereocenters. The number of carbonyl (C=O) groups excluding carboxylic acids is 1. The standard InChI is InChI=1S/C24H24F2N2O5S/c1-16-4-9-19(10-5-16)27-34(30,31)22-14-18(8-13-21(22)32-3)23(29)28(2)15-17-6-11-20(12-7-17)33-24(25)26/h4-14,24,27H,15H2,1-3H3. The van der Waals surface area contributed by atoms with Gasteiger partial charge in [-0.3, -0.25) is 9.52 Å². The number of carbonyl (C=O) groups is 1. The van der Waals surface area contributed by atoms with Crippen LogP contribution < -0.4 is 14.2 Å². The summed E-state index contributed by atoms with van der Waals surface area (Å²) in [5.41, 5.74) is 2.18. The third-order valence-electron chi connectivity index (χ3n) is 4.92. The van der Waals surface area contributed by atoms with Gasteiger partial charge in [-0.05, 0) is 55.0 Å². The van der Waals surface area contributed by atoms with Crippen LogP contribution >= 0.6 is 0 Å². The number of anilines is 1. The number of amides is 1. The summed E-state index contributed by atoms with van der Waals surface area (Å²) in [5.74, 6) is -0.324. The van der Waals surface area contributed by atoms with Crippen molar-refractivity contribution in [2.75, 3.05) is 18.9 Å². The zero-order valence-corrected chi connectivity index (χ0v) is 19.6. The Labute approximate surface area is 197 Å². The second-order valence-corrected chi connectivity index (χ2v) is 9.17. The number of halogens is 2. The molecule has 0 unspecified atom stereocenters. The Morgan fingerprint density at radius 2 is 1.68 bits per heavy atom. The number of methoxy groups -OCH3 is 1. The molecule has 0 spiro atoms. The van der Waals surface area contributed by atoms with Crippen molar-refractivity contribution in [3.05, 3.63) is 83.4 Å². The maximum Gasteiger partial charge on any atom is 0.387 e. The first-order valence-electron chi connectivity index (χ1n) is 10.2. The molecule has 7 nitrogen and oxygen atoms in total. The predicted octanol–water partition coefficient (Wildman–Crippen LogP) is 4.68. The number of nitrogens with zero attached hydrogens (tertiary/aromatic N) is 1. The first kappa shape index (κ1) is 25.0. The number of aryl methyl sites for hydroxylation is 1. The largest absolute Gasteiger partial charge is 0.495 e. The molecule has 0 bridgehead atoms. The summed E-state index contributed by atoms with van der Waals surface area (Å²) in [6, 6.07) is 16.9. The van der Waals surface area contributed by atoms with Crippen LogP contribution in [0.4, 0.5) is 14.5 Å². The maximum absolute atomic E-state index is 13.0. The molecule has 0 aliphatic carbocycles. The minimum absolute atomic E-state index is 0.0128. The smallest absolute Gasteiger partial charge is 0.387 e. The van der Waals surface area contributed by atoms with Gasteiger partial charge in [0.15, 0.2) is 0 Å². The lowest BCUT2D eigenvalue weighted by molar-refractivity contribution is -0.0498. The molecule has 1 amide bonds. The van der Waals surface area contributed by atoms with Crippen LogP contribution in [-0.2, 0) is 16.6 Å². The highest BCUT2D eigenvalue weighted by Crippen LogP contribution is 2.28. The van der Waals surface area contributed by atoms with Gasteiger partial charge in [-0.25, -0.2) is 8.42 Å². The van der Waals surface area contributed by atoms with Crippen LogP contribution in [0.2, 0.25) is 0 Å². The molecule has 1 N–H and O–H groups in total. The second kappa shape index (κ2) is 10.5. The van der Waals surface area contributed by atoms with Crippen molar-refractivity contribution in [2.45, 2.75) is 25.0 Å². The predicted molar refractivity (Wildman–Crippen MR) is 124 cm³/mol. The summed E-state index contributed by atoms with van der Waals surface area (Å²) in [5, 5.41) is 0. The summed E-state index contributed by atoms with van der Waals surface area (Å²) in [6.07, 6.45) is 0. The first-order valence-corrected chi connectivity index (χ1v) is 11.6. The Bertz CT molecular complexity index is 1250. The Balaban J connectivity index is 1.80. The molecule has 180 valence electrons. The number of hydrogen-bond donors (Lipinski definition) is 1. The molecular weight excluding hydrogens is 466 g/mol. The molecule has 3 rings (SSSR count). The number of rotatable bonds is 9. The molecule has 0 heterocycles. The summed E-state index contributed by atoms with van der Waals surface area (Å²) >= 11 is 0. The minimum Gasteiger partial charge on any atom is -0.495 e. The fourth-order valence-electron chi connectivity index (χ4n) is 3.19. The van der Waals surface area contributed by atoms with E-state index in [1.807, 2.05) is 6.92 Å². The SMILES string of the molecule is COc1ccc(C(=O)N(C)Cc2ccc(OC(F)F)cc2)cc1S(=O)(=O)Nc1ccc(C)cc1. The van der Waals surface area contributed by atoms with E-state index >= 15 is 0 Å². The van der Waals surface area contributed by atoms with E-state index in [0.29, 0.717) is 11.3 Å². The van der Waals surface area contributed by atoms with Crippen molar-refractivity contribution in [2.24, 2.45) is 0 Å². The number of hydrogen-bond acceptors (Lipinski definition) is 5. The molecule has 10 heteroatoms. The van der Waals surface area contributed by atoms with Crippen molar-refractivity contribution >= 4 is 21.6 Å². The summed E-state index contributed by atoms with van der Waals surface area (Å²) in [4.78, 5) is 14.2. The van der Waals surface area contributed by atoms with Gasteiger partial charge in [-0.2, -0.15) is 8.78 Å². The molecule has 0 aliphatic heterocycles. The molecule has 0 saturated heterocycles. The summed E-state index contributed by atoms with van der Waals surface area (Å²) in [6.45, 7) is -0.863. The van der Waals surface area contributed by atoms with E-state index in [0.717, 1.165) is 5.56 Å². The van der Waals surface area contributed by atoms with Crippen LogP contribution in [0.1, 0.15) is 21.5 Å². The van der Waals surface area contributed by atoms with Gasteiger partial charge in [0.25, 0.3) is 15.9 Å². The van der Waals surface area contributed by atoms with Crippen LogP contribution in [0, 0.1) is 6.92 Å². The van der Waals surface area contributed by atoms with Gasteiger partial charge in [0.05, 0.1) is 7.11 Å². The molecule has 34 heavy (non-hydrogen) atoms. The average Bonchev–Trinajstić information content (AvgIpc) is 2.80. The number of sulfonamides is 1. The van der Waals surface area contributed by atoms with E-state index in [9.17, 15) is 22.0 Å². The molecule has 0 aromatic heterocycles. The number of nitrogens with one attached hydrogen (secondary N) is 1. The molecular formula is C24H24F2N2O5S. The monoisotopic (exact) mass is 490 g/mol. The van der Waals surface area contributed by atoms with Crippen molar-refractivity contribution in [3.63, 3.8) is 0 Å². The average molecular weight is 491 g/mol. The zero-order chi connectivity index (χ0) is 24.9. The van der Waals surface area contributed by atoms with Crippen molar-refractivity contribution in [1.29, 1.82) is 0 Å². The van der Waals surface area contributed by atoms with Gasteiger partial charge in [0.2, 0.25) is 0 Å². The van der Waals surface area contributed by atoms with Crippen molar-refractivity contribution < 1.29 is 31.5 Å². The molecule has 0 radical (unpaired) electrons. The second-order valence-electron chi connectivity index (χ2n) is 7.52. The third-order valence-corrected chi connectivity index (χ3v) is 6.32. The number of ether oxygens (including phenoxy) is 2. The Hall–Kier alpha value is -3.66. The van der Waals surface area contributed by atoms with E-state index in [-0.39, 0.29) is 28.5 Å². The van der Waals surface area contributed by atoms with Gasteiger partial charge < -0.3 is 14.4 Å². The zero-order valence-electron chi connectivity index (χ0n) is 18.8. The van der Waals surface area contributed by atoms with Crippen LogP contribution in [0.5, 0.6) is 11.5 Å². The van der Waals surface area contributed by atoms with Gasteiger partial charge in [-0.15, -0.1) is 0 Å². The first-order chi connectivity index (χ1) is 16.1. The van der Waals surface area contributed by atoms with E-state index in [1.165, 1.54) is 42.3 Å². The normalized spacial score (nSPS) is 11.2. The summed E-state index contributed by atoms with van der Waals surface area (Å²) < 4.78 is 62.7. The van der Waals surface area contributed by atoms with E-state index in [1.54, 1.807) is 43.4 Å². The Morgan fingerprint density at radius 3 is 2.26 bits per heavy atom. The van der Waals surface area contributed by atoms with Crippen LogP contribution in [0.3, 0.4) is 0 Å². The quantitative estimate of drug-likeness (QED) is 0.471. The molecule has 3 aromatic rings. The highest BCUT2D eigenvalue weighted by Gasteiger charge is 2.23. The van der Waals surface area contributed by atoms with Crippen molar-refractivity contribution in [1.82, 2.24) is 4.90 Å². The Morgan fingerprint density at radius 1 is 1.03 bits per heavy atom. The van der Waals surface area contributed by atoms with Gasteiger partial charge >= 0.3 is 6.61 Å². The van der Waals surface area contributed by atoms with Gasteiger partial charge in [0, 0.05) is 24.8 Å². The lowest BCUT2D eigenvalue weighted by Gasteiger charge is -2.19. The van der Waals surface area contributed by atoms with Crippen LogP contribution in [0.15, 0.2) is 71.6 Å². The highest BCUT2D eigenvalue weighted by atomic mass is 32.2. The number of benzene rings is 3. The highest BCUT2D eigenvalue weighted by molar-refractivity contribution is 7.92. The molecule has 0 fully saturated rings. The topological polar surface area (TPSA) is 84.9 Å². The maximum atomic E-state index is 13.0. The van der Waals surface area contributed by atoms with Crippen molar-refractivity contribution in [3.8, 4) is 11.5 Å². The van der Waals surface area contributed by atoms with E-state index < -0.39 is 22.5 Å². The number of alkyl halides is 2. The molecule has 3 aromatic carbocycles. The van der Waals surface area contributed by atoms with Crippen LogP contribution in [-0.4, -0.2) is 40.0 Å². The fraction of sp³-hybridized carbons (Fsp3) is 0.208. The van der Waals surface area contributed by atoms with E-state index in [2.05, 4.69) is 9.46 Å².